The Morgan fingerprint density at radius 3 is 2.78 bits per heavy atom. The van der Waals surface area contributed by atoms with Crippen LogP contribution in [0.25, 0.3) is 0 Å². The predicted octanol–water partition coefficient (Wildman–Crippen LogP) is 2.00. The van der Waals surface area contributed by atoms with Crippen LogP contribution in [-0.2, 0) is 16.0 Å². The summed E-state index contributed by atoms with van der Waals surface area (Å²) in [5.41, 5.74) is 1.08. The molecule has 5 heteroatoms. The third-order valence-electron chi connectivity index (χ3n) is 4.15. The van der Waals surface area contributed by atoms with Gasteiger partial charge >= 0.3 is 0 Å². The number of fused-ring (bicyclic) bond motifs is 1. The number of ether oxygens (including phenoxy) is 1. The van der Waals surface area contributed by atoms with Gasteiger partial charge in [0.15, 0.2) is 0 Å². The zero-order chi connectivity index (χ0) is 16.8. The molecule has 1 aromatic rings. The summed E-state index contributed by atoms with van der Waals surface area (Å²) in [6, 6.07) is 8.03. The second-order valence-corrected chi connectivity index (χ2v) is 6.27. The molecule has 2 rings (SSSR count). The van der Waals surface area contributed by atoms with Crippen molar-refractivity contribution in [2.75, 3.05) is 19.7 Å². The van der Waals surface area contributed by atoms with Gasteiger partial charge in [0.05, 0.1) is 5.92 Å². The topological polar surface area (TPSA) is 58.6 Å². The number of nitrogens with zero attached hydrogens (tertiary/aromatic N) is 1. The first-order valence-electron chi connectivity index (χ1n) is 8.24. The van der Waals surface area contributed by atoms with Crippen LogP contribution in [0.3, 0.4) is 0 Å². The van der Waals surface area contributed by atoms with Gasteiger partial charge in [-0.25, -0.2) is 0 Å². The van der Waals surface area contributed by atoms with E-state index in [1.165, 1.54) is 0 Å². The molecule has 0 radical (unpaired) electrons. The molecule has 1 heterocycles. The lowest BCUT2D eigenvalue weighted by Gasteiger charge is -2.26. The number of para-hydroxylation sites is 1. The maximum absolute atomic E-state index is 12.2. The van der Waals surface area contributed by atoms with Crippen molar-refractivity contribution in [3.05, 3.63) is 29.8 Å². The summed E-state index contributed by atoms with van der Waals surface area (Å²) in [5.74, 6) is 0.839. The molecular formula is C18H26N2O3. The number of hydrogen-bond donors (Lipinski definition) is 1. The van der Waals surface area contributed by atoms with Gasteiger partial charge in [-0.15, -0.1) is 0 Å². The van der Waals surface area contributed by atoms with Crippen molar-refractivity contribution in [2.45, 2.75) is 39.7 Å². The van der Waals surface area contributed by atoms with Gasteiger partial charge in [0.25, 0.3) is 0 Å². The van der Waals surface area contributed by atoms with E-state index in [9.17, 15) is 9.59 Å². The fourth-order valence-corrected chi connectivity index (χ4v) is 2.88. The highest BCUT2D eigenvalue weighted by molar-refractivity contribution is 5.79. The summed E-state index contributed by atoms with van der Waals surface area (Å²) in [7, 11) is 0. The van der Waals surface area contributed by atoms with E-state index in [1.807, 2.05) is 43.0 Å². The highest BCUT2D eigenvalue weighted by Crippen LogP contribution is 2.26. The van der Waals surface area contributed by atoms with Crippen molar-refractivity contribution in [1.82, 2.24) is 10.2 Å². The number of benzene rings is 1. The van der Waals surface area contributed by atoms with Gasteiger partial charge in [0.2, 0.25) is 11.8 Å². The molecule has 1 N–H and O–H groups in total. The molecule has 1 aromatic carbocycles. The first-order valence-corrected chi connectivity index (χ1v) is 8.24. The van der Waals surface area contributed by atoms with E-state index in [-0.39, 0.29) is 23.8 Å². The molecule has 1 aliphatic heterocycles. The summed E-state index contributed by atoms with van der Waals surface area (Å²) in [6.07, 6.45) is 1.47. The maximum atomic E-state index is 12.2. The minimum absolute atomic E-state index is 0.0263. The van der Waals surface area contributed by atoms with E-state index in [2.05, 4.69) is 5.32 Å². The molecule has 1 aliphatic rings. The van der Waals surface area contributed by atoms with Crippen molar-refractivity contribution in [3.63, 3.8) is 0 Å². The predicted molar refractivity (Wildman–Crippen MR) is 89.3 cm³/mol. The van der Waals surface area contributed by atoms with Crippen LogP contribution in [0.4, 0.5) is 0 Å². The van der Waals surface area contributed by atoms with Crippen LogP contribution in [0.15, 0.2) is 24.3 Å². The first-order chi connectivity index (χ1) is 11.0. The van der Waals surface area contributed by atoms with Gasteiger partial charge in [0, 0.05) is 26.1 Å². The lowest BCUT2D eigenvalue weighted by molar-refractivity contribution is -0.130. The average molecular weight is 318 g/mol. The fourth-order valence-electron chi connectivity index (χ4n) is 2.88. The third-order valence-corrected chi connectivity index (χ3v) is 4.15. The summed E-state index contributed by atoms with van der Waals surface area (Å²) in [6.45, 7) is 7.24. The van der Waals surface area contributed by atoms with E-state index in [4.69, 9.17) is 4.74 Å². The summed E-state index contributed by atoms with van der Waals surface area (Å²) in [5, 5.41) is 2.96. The van der Waals surface area contributed by atoms with E-state index >= 15 is 0 Å². The van der Waals surface area contributed by atoms with Crippen molar-refractivity contribution in [3.8, 4) is 5.75 Å². The smallest absolute Gasteiger partial charge is 0.226 e. The van der Waals surface area contributed by atoms with Crippen LogP contribution in [0.2, 0.25) is 0 Å². The molecule has 2 amide bonds. The van der Waals surface area contributed by atoms with Crippen LogP contribution in [0.1, 0.15) is 32.8 Å². The Balaban J connectivity index is 1.75. The number of carbonyl (C=O) groups excluding carboxylic acids is 2. The van der Waals surface area contributed by atoms with E-state index < -0.39 is 0 Å². The van der Waals surface area contributed by atoms with Gasteiger partial charge in [-0.1, -0.05) is 18.2 Å². The molecule has 0 saturated carbocycles. The molecule has 1 atom stereocenters. The molecule has 1 unspecified atom stereocenters. The first kappa shape index (κ1) is 17.3. The summed E-state index contributed by atoms with van der Waals surface area (Å²) in [4.78, 5) is 25.6. The van der Waals surface area contributed by atoms with Crippen LogP contribution in [0.5, 0.6) is 5.75 Å². The molecule has 0 saturated heterocycles. The summed E-state index contributed by atoms with van der Waals surface area (Å²) < 4.78 is 5.65. The number of carbonyl (C=O) groups is 2. The highest BCUT2D eigenvalue weighted by Gasteiger charge is 2.25. The standard InChI is InChI=1S/C18H26N2O3/c1-13(2)20(14(3)21)10-6-9-19-18(22)16-11-15-7-4-5-8-17(15)23-12-16/h4-5,7-8,13,16H,6,9-12H2,1-3H3,(H,19,22). The van der Waals surface area contributed by atoms with Crippen molar-refractivity contribution in [2.24, 2.45) is 5.92 Å². The van der Waals surface area contributed by atoms with E-state index in [0.717, 1.165) is 17.7 Å². The minimum atomic E-state index is -0.140. The molecule has 5 nitrogen and oxygen atoms in total. The van der Waals surface area contributed by atoms with Gasteiger partial charge in [-0.3, -0.25) is 9.59 Å². The van der Waals surface area contributed by atoms with E-state index in [1.54, 1.807) is 6.92 Å². The molecule has 0 aliphatic carbocycles. The molecule has 126 valence electrons. The fraction of sp³-hybridized carbons (Fsp3) is 0.556. The third kappa shape index (κ3) is 4.71. The summed E-state index contributed by atoms with van der Waals surface area (Å²) >= 11 is 0. The zero-order valence-corrected chi connectivity index (χ0v) is 14.2. The van der Waals surface area contributed by atoms with Gasteiger partial charge < -0.3 is 15.0 Å². The molecule has 23 heavy (non-hydrogen) atoms. The monoisotopic (exact) mass is 318 g/mol. The largest absolute Gasteiger partial charge is 0.492 e. The Hall–Kier alpha value is -2.04. The number of nitrogens with one attached hydrogen (secondary N) is 1. The Kier molecular flexibility index (Phi) is 6.02. The van der Waals surface area contributed by atoms with Crippen LogP contribution >= 0.6 is 0 Å². The lowest BCUT2D eigenvalue weighted by Crippen LogP contribution is -2.40. The van der Waals surface area contributed by atoms with Crippen LogP contribution < -0.4 is 10.1 Å². The molecule has 0 aromatic heterocycles. The van der Waals surface area contributed by atoms with Crippen molar-refractivity contribution < 1.29 is 14.3 Å². The van der Waals surface area contributed by atoms with Gasteiger partial charge in [-0.2, -0.15) is 0 Å². The van der Waals surface area contributed by atoms with Gasteiger partial charge in [0.1, 0.15) is 12.4 Å². The Morgan fingerprint density at radius 1 is 1.35 bits per heavy atom. The Labute approximate surface area is 138 Å². The van der Waals surface area contributed by atoms with Crippen molar-refractivity contribution in [1.29, 1.82) is 0 Å². The second kappa shape index (κ2) is 7.99. The number of rotatable bonds is 6. The van der Waals surface area contributed by atoms with Crippen LogP contribution in [-0.4, -0.2) is 42.5 Å². The highest BCUT2D eigenvalue weighted by atomic mass is 16.5. The maximum Gasteiger partial charge on any atom is 0.226 e. The lowest BCUT2D eigenvalue weighted by atomic mass is 9.96. The molecule has 0 fully saturated rings. The van der Waals surface area contributed by atoms with Crippen LogP contribution in [0, 0.1) is 5.92 Å². The number of amides is 2. The molecular weight excluding hydrogens is 292 g/mol. The average Bonchev–Trinajstić information content (AvgIpc) is 2.53. The second-order valence-electron chi connectivity index (χ2n) is 6.27. The quantitative estimate of drug-likeness (QED) is 0.816. The van der Waals surface area contributed by atoms with Gasteiger partial charge in [-0.05, 0) is 38.3 Å². The minimum Gasteiger partial charge on any atom is -0.492 e. The SMILES string of the molecule is CC(=O)N(CCCNC(=O)C1COc2ccccc2C1)C(C)C. The Morgan fingerprint density at radius 2 is 2.09 bits per heavy atom. The normalized spacial score (nSPS) is 16.4. The van der Waals surface area contributed by atoms with Crippen molar-refractivity contribution >= 4 is 11.8 Å². The molecule has 0 bridgehead atoms. The molecule has 0 spiro atoms. The Bertz CT molecular complexity index is 557. The van der Waals surface area contributed by atoms with E-state index in [0.29, 0.717) is 26.1 Å². The number of hydrogen-bond acceptors (Lipinski definition) is 3. The zero-order valence-electron chi connectivity index (χ0n) is 14.2.